The number of ether oxygens (including phenoxy) is 1. The zero-order valence-corrected chi connectivity index (χ0v) is 19.7. The summed E-state index contributed by atoms with van der Waals surface area (Å²) in [6.07, 6.45) is 0.0451. The Hall–Kier alpha value is -3.39. The first-order valence-electron chi connectivity index (χ1n) is 10.7. The van der Waals surface area contributed by atoms with Crippen molar-refractivity contribution >= 4 is 23.5 Å². The normalized spacial score (nSPS) is 19.3. The van der Waals surface area contributed by atoms with Crippen molar-refractivity contribution in [2.75, 3.05) is 12.4 Å². The Morgan fingerprint density at radius 1 is 1.15 bits per heavy atom. The van der Waals surface area contributed by atoms with Gasteiger partial charge in [-0.2, -0.15) is 0 Å². The van der Waals surface area contributed by atoms with Crippen molar-refractivity contribution in [3.8, 4) is 5.75 Å². The van der Waals surface area contributed by atoms with Gasteiger partial charge in [-0.1, -0.05) is 18.2 Å². The molecule has 1 atom stereocenters. The van der Waals surface area contributed by atoms with Crippen LogP contribution < -0.4 is 10.1 Å². The molecule has 2 amide bonds. The summed E-state index contributed by atoms with van der Waals surface area (Å²) in [7, 11) is 1.56. The number of benzene rings is 2. The lowest BCUT2D eigenvalue weighted by Crippen LogP contribution is -2.69. The predicted octanol–water partition coefficient (Wildman–Crippen LogP) is 3.10. The maximum absolute atomic E-state index is 13.6. The molecule has 1 heterocycles. The lowest BCUT2D eigenvalue weighted by atomic mass is 9.69. The van der Waals surface area contributed by atoms with Gasteiger partial charge < -0.3 is 25.2 Å². The summed E-state index contributed by atoms with van der Waals surface area (Å²) in [5, 5.41) is 24.4. The first-order valence-corrected chi connectivity index (χ1v) is 10.7. The SMILES string of the molecule is COc1ccc(CC(=O)Nc2cc(C)cc3c2C(=O)N(C(C)C)C(C)(C)[C@]3(O)C(=O)O)cc1. The molecule has 3 rings (SSSR count). The Morgan fingerprint density at radius 2 is 1.76 bits per heavy atom. The van der Waals surface area contributed by atoms with Gasteiger partial charge in [-0.15, -0.1) is 0 Å². The molecule has 8 heteroatoms. The molecule has 2 aromatic rings. The highest BCUT2D eigenvalue weighted by molar-refractivity contribution is 6.09. The molecule has 1 aliphatic heterocycles. The van der Waals surface area contributed by atoms with E-state index in [4.69, 9.17) is 4.74 Å². The van der Waals surface area contributed by atoms with Crippen molar-refractivity contribution in [2.24, 2.45) is 0 Å². The van der Waals surface area contributed by atoms with Crippen LogP contribution in [0.3, 0.4) is 0 Å². The fourth-order valence-electron chi connectivity index (χ4n) is 4.66. The second-order valence-electron chi connectivity index (χ2n) is 9.15. The molecule has 176 valence electrons. The van der Waals surface area contributed by atoms with Crippen LogP contribution in [0.5, 0.6) is 5.75 Å². The number of anilines is 1. The number of carbonyl (C=O) groups is 3. The number of aryl methyl sites for hydroxylation is 1. The minimum Gasteiger partial charge on any atom is -0.497 e. The van der Waals surface area contributed by atoms with Crippen LogP contribution in [0.25, 0.3) is 0 Å². The summed E-state index contributed by atoms with van der Waals surface area (Å²) < 4.78 is 5.13. The average Bonchev–Trinajstić information content (AvgIpc) is 2.71. The molecule has 0 aliphatic carbocycles. The molecule has 8 nitrogen and oxygen atoms in total. The number of nitrogens with one attached hydrogen (secondary N) is 1. The zero-order valence-electron chi connectivity index (χ0n) is 19.7. The number of hydrogen-bond acceptors (Lipinski definition) is 5. The van der Waals surface area contributed by atoms with Crippen LogP contribution in [0.4, 0.5) is 5.69 Å². The summed E-state index contributed by atoms with van der Waals surface area (Å²) in [5.41, 5.74) is -2.32. The molecule has 3 N–H and O–H groups in total. The number of methoxy groups -OCH3 is 1. The van der Waals surface area contributed by atoms with E-state index >= 15 is 0 Å². The molecule has 0 saturated heterocycles. The number of hydrogen-bond donors (Lipinski definition) is 3. The van der Waals surface area contributed by atoms with Gasteiger partial charge in [0.15, 0.2) is 0 Å². The highest BCUT2D eigenvalue weighted by Gasteiger charge is 2.61. The van der Waals surface area contributed by atoms with Gasteiger partial charge in [0.25, 0.3) is 5.91 Å². The van der Waals surface area contributed by atoms with E-state index < -0.39 is 29.1 Å². The Kier molecular flexibility index (Phi) is 6.26. The van der Waals surface area contributed by atoms with E-state index in [1.165, 1.54) is 24.8 Å². The Morgan fingerprint density at radius 3 is 2.27 bits per heavy atom. The van der Waals surface area contributed by atoms with Crippen molar-refractivity contribution in [1.82, 2.24) is 4.90 Å². The Balaban J connectivity index is 2.09. The standard InChI is InChI=1S/C25H30N2O6/c1-14(2)27-22(29)21-18(25(32,23(30)31)24(27,4)5)11-15(3)12-19(21)26-20(28)13-16-7-9-17(33-6)10-8-16/h7-12,14,32H,13H2,1-6H3,(H,26,28)(H,30,31)/t25-/m1/s1. The van der Waals surface area contributed by atoms with Crippen molar-refractivity contribution < 1.29 is 29.3 Å². The van der Waals surface area contributed by atoms with Gasteiger partial charge in [0.05, 0.1) is 30.3 Å². The third-order valence-corrected chi connectivity index (χ3v) is 6.22. The molecule has 2 aromatic carbocycles. The third-order valence-electron chi connectivity index (χ3n) is 6.22. The molecule has 0 bridgehead atoms. The van der Waals surface area contributed by atoms with Crippen LogP contribution in [-0.2, 0) is 21.6 Å². The molecule has 0 unspecified atom stereocenters. The number of nitrogens with zero attached hydrogens (tertiary/aromatic N) is 1. The fourth-order valence-corrected chi connectivity index (χ4v) is 4.66. The van der Waals surface area contributed by atoms with Crippen LogP contribution >= 0.6 is 0 Å². The number of aliphatic carboxylic acids is 1. The minimum absolute atomic E-state index is 0.0124. The molecule has 0 saturated carbocycles. The van der Waals surface area contributed by atoms with Gasteiger partial charge in [-0.25, -0.2) is 4.79 Å². The van der Waals surface area contributed by atoms with Crippen molar-refractivity contribution in [3.05, 3.63) is 58.7 Å². The van der Waals surface area contributed by atoms with Gasteiger partial charge in [0.1, 0.15) is 5.75 Å². The summed E-state index contributed by atoms with van der Waals surface area (Å²) in [5.74, 6) is -1.62. The highest BCUT2D eigenvalue weighted by Crippen LogP contribution is 2.47. The summed E-state index contributed by atoms with van der Waals surface area (Å²) in [6.45, 7) is 8.29. The Labute approximate surface area is 193 Å². The van der Waals surface area contributed by atoms with Crippen LogP contribution in [0, 0.1) is 6.92 Å². The fraction of sp³-hybridized carbons (Fsp3) is 0.400. The van der Waals surface area contributed by atoms with Crippen LogP contribution in [0.2, 0.25) is 0 Å². The molecular weight excluding hydrogens is 424 g/mol. The number of aliphatic hydroxyl groups is 1. The number of carboxylic acids is 1. The maximum atomic E-state index is 13.6. The topological polar surface area (TPSA) is 116 Å². The molecule has 0 fully saturated rings. The predicted molar refractivity (Wildman–Crippen MR) is 123 cm³/mol. The van der Waals surface area contributed by atoms with E-state index in [0.29, 0.717) is 11.3 Å². The van der Waals surface area contributed by atoms with E-state index in [9.17, 15) is 24.6 Å². The first kappa shape index (κ1) is 24.3. The lowest BCUT2D eigenvalue weighted by Gasteiger charge is -2.53. The van der Waals surface area contributed by atoms with E-state index in [0.717, 1.165) is 5.56 Å². The largest absolute Gasteiger partial charge is 0.497 e. The maximum Gasteiger partial charge on any atom is 0.342 e. The highest BCUT2D eigenvalue weighted by atomic mass is 16.5. The number of fused-ring (bicyclic) bond motifs is 1. The summed E-state index contributed by atoms with van der Waals surface area (Å²) >= 11 is 0. The number of carboxylic acid groups (broad SMARTS) is 1. The molecule has 33 heavy (non-hydrogen) atoms. The smallest absolute Gasteiger partial charge is 0.342 e. The number of rotatable bonds is 6. The lowest BCUT2D eigenvalue weighted by molar-refractivity contribution is -0.179. The molecule has 0 spiro atoms. The quantitative estimate of drug-likeness (QED) is 0.618. The van der Waals surface area contributed by atoms with Gasteiger partial charge in [-0.3, -0.25) is 9.59 Å². The van der Waals surface area contributed by atoms with E-state index in [1.54, 1.807) is 58.2 Å². The molecule has 0 radical (unpaired) electrons. The van der Waals surface area contributed by atoms with E-state index in [1.807, 2.05) is 0 Å². The summed E-state index contributed by atoms with van der Waals surface area (Å²) in [4.78, 5) is 40.2. The second-order valence-corrected chi connectivity index (χ2v) is 9.15. The first-order chi connectivity index (χ1) is 15.3. The van der Waals surface area contributed by atoms with Crippen molar-refractivity contribution in [1.29, 1.82) is 0 Å². The molecule has 1 aliphatic rings. The van der Waals surface area contributed by atoms with Gasteiger partial charge in [0.2, 0.25) is 11.5 Å². The number of carbonyl (C=O) groups excluding carboxylic acids is 2. The summed E-state index contributed by atoms with van der Waals surface area (Å²) in [6, 6.07) is 9.74. The van der Waals surface area contributed by atoms with Crippen molar-refractivity contribution in [3.63, 3.8) is 0 Å². The van der Waals surface area contributed by atoms with Crippen LogP contribution in [0.15, 0.2) is 36.4 Å². The average molecular weight is 455 g/mol. The minimum atomic E-state index is -2.37. The van der Waals surface area contributed by atoms with Crippen LogP contribution in [0.1, 0.15) is 54.7 Å². The molecule has 0 aromatic heterocycles. The van der Waals surface area contributed by atoms with Gasteiger partial charge in [-0.05, 0) is 63.9 Å². The van der Waals surface area contributed by atoms with E-state index in [-0.39, 0.29) is 29.1 Å². The van der Waals surface area contributed by atoms with Gasteiger partial charge >= 0.3 is 5.97 Å². The monoisotopic (exact) mass is 454 g/mol. The van der Waals surface area contributed by atoms with Gasteiger partial charge in [0, 0.05) is 11.6 Å². The second kappa shape index (κ2) is 8.51. The number of amides is 2. The zero-order chi connectivity index (χ0) is 24.7. The molecular formula is C25H30N2O6. The Bertz CT molecular complexity index is 1110. The van der Waals surface area contributed by atoms with Crippen molar-refractivity contribution in [2.45, 2.75) is 58.2 Å². The van der Waals surface area contributed by atoms with E-state index in [2.05, 4.69) is 5.32 Å². The third kappa shape index (κ3) is 3.95. The van der Waals surface area contributed by atoms with Crippen LogP contribution in [-0.4, -0.2) is 51.6 Å².